The maximum atomic E-state index is 7.26. The van der Waals surface area contributed by atoms with Crippen LogP contribution in [0.3, 0.4) is 0 Å². The molecular weight excluding hydrogens is 664 g/mol. The molecule has 2 fully saturated rings. The van der Waals surface area contributed by atoms with E-state index in [1.807, 2.05) is 48.5 Å². The summed E-state index contributed by atoms with van der Waals surface area (Å²) in [6, 6.07) is 37.4. The first kappa shape index (κ1) is 39.0. The quantitative estimate of drug-likeness (QED) is 0.114. The Labute approximate surface area is 316 Å². The van der Waals surface area contributed by atoms with Gasteiger partial charge in [-0.3, -0.25) is 0 Å². The van der Waals surface area contributed by atoms with Gasteiger partial charge < -0.3 is 33.2 Å². The van der Waals surface area contributed by atoms with Gasteiger partial charge in [-0.25, -0.2) is 0 Å². The van der Waals surface area contributed by atoms with E-state index >= 15 is 0 Å². The molecule has 4 aromatic rings. The zero-order chi connectivity index (χ0) is 37.2. The lowest BCUT2D eigenvalue weighted by Gasteiger charge is -2.50. The van der Waals surface area contributed by atoms with Crippen molar-refractivity contribution in [3.8, 4) is 11.5 Å². The smallest absolute Gasteiger partial charge is 0.184 e. The van der Waals surface area contributed by atoms with Crippen LogP contribution in [0.15, 0.2) is 109 Å². The zero-order valence-electron chi connectivity index (χ0n) is 32.3. The first-order valence-corrected chi connectivity index (χ1v) is 19.3. The molecule has 2 saturated heterocycles. The molecule has 2 aliphatic rings. The normalized spacial score (nSPS) is 28.7. The minimum atomic E-state index is -0.604. The van der Waals surface area contributed by atoms with Crippen LogP contribution in [0.5, 0.6) is 11.5 Å². The molecule has 10 atom stereocenters. The summed E-state index contributed by atoms with van der Waals surface area (Å²) in [5.74, 6) is 2.52. The van der Waals surface area contributed by atoms with Crippen LogP contribution in [0.2, 0.25) is 0 Å². The first-order chi connectivity index (χ1) is 25.8. The van der Waals surface area contributed by atoms with Gasteiger partial charge in [0.2, 0.25) is 0 Å². The van der Waals surface area contributed by atoms with Crippen LogP contribution < -0.4 is 9.47 Å². The van der Waals surface area contributed by atoms with Crippen LogP contribution in [0, 0.1) is 23.7 Å². The highest BCUT2D eigenvalue weighted by Gasteiger charge is 2.49. The highest BCUT2D eigenvalue weighted by atomic mass is 16.7. The van der Waals surface area contributed by atoms with E-state index in [2.05, 4.69) is 88.4 Å². The molecule has 0 amide bonds. The monoisotopic (exact) mass is 722 g/mol. The summed E-state index contributed by atoms with van der Waals surface area (Å²) in [4.78, 5) is 0. The first-order valence-electron chi connectivity index (χ1n) is 19.3. The molecule has 2 heterocycles. The fourth-order valence-corrected chi connectivity index (χ4v) is 7.91. The van der Waals surface area contributed by atoms with E-state index in [1.54, 1.807) is 14.2 Å². The third-order valence-electron chi connectivity index (χ3n) is 11.6. The predicted octanol–water partition coefficient (Wildman–Crippen LogP) is 9.10. The lowest BCUT2D eigenvalue weighted by Crippen LogP contribution is -2.58. The number of aryl methyl sites for hydroxylation is 1. The van der Waals surface area contributed by atoms with Gasteiger partial charge in [0.05, 0.1) is 52.4 Å². The van der Waals surface area contributed by atoms with E-state index in [4.69, 9.17) is 33.2 Å². The van der Waals surface area contributed by atoms with Crippen LogP contribution >= 0.6 is 0 Å². The van der Waals surface area contributed by atoms with Crippen LogP contribution in [-0.2, 0) is 49.7 Å². The van der Waals surface area contributed by atoms with E-state index in [0.717, 1.165) is 41.9 Å². The third-order valence-corrected chi connectivity index (χ3v) is 11.6. The standard InChI is InChI=1S/C46H58O7/c1-31-32(2)44(43(51-34(31)4)30-49-28-37-13-9-7-10-14-37)53-46-45(50-29-38-15-11-8-12-16-38)41(27-36-19-24-40(48-6)25-20-36)33(3)42(52-46)26-21-35-17-22-39(47-5)23-18-35/h7-20,22-25,31-34,41-46H,21,26-30H2,1-6H3/t31?,32-,33+,34+,41+,42?,43?,44+,45?,46+/m1/s1. The number of rotatable bonds is 16. The van der Waals surface area contributed by atoms with E-state index in [0.29, 0.717) is 19.8 Å². The molecule has 0 aromatic heterocycles. The summed E-state index contributed by atoms with van der Waals surface area (Å²) < 4.78 is 45.2. The fraction of sp³-hybridized carbons (Fsp3) is 0.478. The van der Waals surface area contributed by atoms with Gasteiger partial charge in [0.25, 0.3) is 0 Å². The fourth-order valence-electron chi connectivity index (χ4n) is 7.91. The van der Waals surface area contributed by atoms with Gasteiger partial charge >= 0.3 is 0 Å². The Morgan fingerprint density at radius 1 is 0.547 bits per heavy atom. The Bertz CT molecular complexity index is 1630. The second kappa shape index (κ2) is 19.0. The minimum Gasteiger partial charge on any atom is -0.497 e. The Hall–Kier alpha value is -3.72. The molecule has 4 aromatic carbocycles. The molecule has 7 heteroatoms. The molecule has 0 N–H and O–H groups in total. The predicted molar refractivity (Wildman–Crippen MR) is 208 cm³/mol. The van der Waals surface area contributed by atoms with Gasteiger partial charge in [-0.2, -0.15) is 0 Å². The van der Waals surface area contributed by atoms with Crippen molar-refractivity contribution in [2.75, 3.05) is 20.8 Å². The maximum Gasteiger partial charge on any atom is 0.184 e. The Kier molecular flexibility index (Phi) is 14.0. The topological polar surface area (TPSA) is 64.6 Å². The number of benzene rings is 4. The van der Waals surface area contributed by atoms with Gasteiger partial charge in [0.15, 0.2) is 6.29 Å². The van der Waals surface area contributed by atoms with Crippen molar-refractivity contribution in [2.24, 2.45) is 23.7 Å². The van der Waals surface area contributed by atoms with Crippen molar-refractivity contribution >= 4 is 0 Å². The second-order valence-electron chi connectivity index (χ2n) is 15.0. The van der Waals surface area contributed by atoms with Gasteiger partial charge in [0.1, 0.15) is 23.7 Å². The zero-order valence-corrected chi connectivity index (χ0v) is 32.3. The van der Waals surface area contributed by atoms with E-state index in [9.17, 15) is 0 Å². The molecule has 0 radical (unpaired) electrons. The van der Waals surface area contributed by atoms with Crippen LogP contribution in [0.4, 0.5) is 0 Å². The van der Waals surface area contributed by atoms with Crippen molar-refractivity contribution in [3.05, 3.63) is 131 Å². The summed E-state index contributed by atoms with van der Waals surface area (Å²) >= 11 is 0. The van der Waals surface area contributed by atoms with Gasteiger partial charge in [-0.05, 0) is 96.4 Å². The summed E-state index contributed by atoms with van der Waals surface area (Å²) in [6.45, 7) is 10.4. The highest BCUT2D eigenvalue weighted by molar-refractivity contribution is 5.28. The Balaban J connectivity index is 1.29. The number of methoxy groups -OCH3 is 2. The van der Waals surface area contributed by atoms with Crippen molar-refractivity contribution in [3.63, 3.8) is 0 Å². The third kappa shape index (κ3) is 10.3. The summed E-state index contributed by atoms with van der Waals surface area (Å²) in [5, 5.41) is 0. The SMILES string of the molecule is COc1ccc(CCC2O[C@@H](O[C@@H]3C(COCc4ccccc4)O[C@@H](C)C(C)[C@H]3C)C(OCc3ccccc3)[C@@H](Cc3ccc(OC)cc3)[C@@H]2C)cc1. The van der Waals surface area contributed by atoms with Crippen molar-refractivity contribution in [1.82, 2.24) is 0 Å². The lowest BCUT2D eigenvalue weighted by atomic mass is 9.76. The lowest BCUT2D eigenvalue weighted by molar-refractivity contribution is -0.325. The largest absolute Gasteiger partial charge is 0.497 e. The number of hydrogen-bond donors (Lipinski definition) is 0. The van der Waals surface area contributed by atoms with Gasteiger partial charge in [-0.1, -0.05) is 106 Å². The van der Waals surface area contributed by atoms with E-state index in [1.165, 1.54) is 11.1 Å². The van der Waals surface area contributed by atoms with Crippen molar-refractivity contribution in [1.29, 1.82) is 0 Å². The molecule has 4 unspecified atom stereocenters. The molecule has 0 spiro atoms. The summed E-state index contributed by atoms with van der Waals surface area (Å²) in [6.07, 6.45) is 1.15. The van der Waals surface area contributed by atoms with Crippen LogP contribution in [0.25, 0.3) is 0 Å². The van der Waals surface area contributed by atoms with Crippen LogP contribution in [0.1, 0.15) is 56.4 Å². The Morgan fingerprint density at radius 2 is 1.13 bits per heavy atom. The second-order valence-corrected chi connectivity index (χ2v) is 15.0. The molecule has 0 bridgehead atoms. The Morgan fingerprint density at radius 3 is 1.74 bits per heavy atom. The molecule has 0 aliphatic carbocycles. The average Bonchev–Trinajstić information content (AvgIpc) is 3.20. The van der Waals surface area contributed by atoms with Crippen molar-refractivity contribution in [2.45, 2.75) is 97.0 Å². The minimum absolute atomic E-state index is 0.0501. The molecule has 0 saturated carbocycles. The van der Waals surface area contributed by atoms with Crippen LogP contribution in [-0.4, -0.2) is 57.6 Å². The molecule has 6 rings (SSSR count). The maximum absolute atomic E-state index is 7.26. The average molecular weight is 723 g/mol. The number of ether oxygens (including phenoxy) is 7. The number of hydrogen-bond acceptors (Lipinski definition) is 7. The molecule has 284 valence electrons. The highest BCUT2D eigenvalue weighted by Crippen LogP contribution is 2.41. The molecule has 7 nitrogen and oxygen atoms in total. The van der Waals surface area contributed by atoms with Gasteiger partial charge in [-0.15, -0.1) is 0 Å². The van der Waals surface area contributed by atoms with E-state index < -0.39 is 6.29 Å². The molecular formula is C46H58O7. The summed E-state index contributed by atoms with van der Waals surface area (Å²) in [5.41, 5.74) is 4.73. The van der Waals surface area contributed by atoms with Crippen molar-refractivity contribution < 1.29 is 33.2 Å². The van der Waals surface area contributed by atoms with E-state index in [-0.39, 0.29) is 54.2 Å². The molecule has 2 aliphatic heterocycles. The van der Waals surface area contributed by atoms with Gasteiger partial charge in [0, 0.05) is 0 Å². The summed E-state index contributed by atoms with van der Waals surface area (Å²) in [7, 11) is 3.40. The molecule has 53 heavy (non-hydrogen) atoms.